The number of carboxylic acid groups (broad SMARTS) is 1. The van der Waals surface area contributed by atoms with Gasteiger partial charge in [-0.2, -0.15) is 0 Å². The van der Waals surface area contributed by atoms with E-state index in [0.717, 1.165) is 16.5 Å². The maximum absolute atomic E-state index is 10.9. The average Bonchev–Trinajstić information content (AvgIpc) is 2.54. The molecular weight excluding hydrogens is 292 g/mol. The number of aryl methyl sites for hydroxylation is 1. The van der Waals surface area contributed by atoms with Crippen molar-refractivity contribution in [3.63, 3.8) is 0 Å². The van der Waals surface area contributed by atoms with Gasteiger partial charge in [-0.15, -0.1) is 0 Å². The van der Waals surface area contributed by atoms with Gasteiger partial charge >= 0.3 is 5.97 Å². The zero-order valence-corrected chi connectivity index (χ0v) is 12.5. The molecule has 0 aliphatic carbocycles. The molecule has 3 rings (SSSR count). The quantitative estimate of drug-likeness (QED) is 0.577. The van der Waals surface area contributed by atoms with Gasteiger partial charge in [0.25, 0.3) is 0 Å². The van der Waals surface area contributed by atoms with Gasteiger partial charge < -0.3 is 10.2 Å². The summed E-state index contributed by atoms with van der Waals surface area (Å²) in [6.45, 7) is 0. The summed E-state index contributed by atoms with van der Waals surface area (Å²) in [5.74, 6) is -1.46. The molecule has 0 unspecified atom stereocenters. The standard InChI is InChI=1S/C18H14N2O3/c1-20-9-8-12(14-4-2-3-5-16(14)20)11-19-13-6-7-15(18(22)23)17(21)10-13/h2-11H,1H3,(H-,21,22,23)/p+1. The van der Waals surface area contributed by atoms with Crippen LogP contribution in [0.5, 0.6) is 5.75 Å². The number of pyridine rings is 1. The molecular formula is C18H15N2O3+. The molecule has 0 saturated carbocycles. The summed E-state index contributed by atoms with van der Waals surface area (Å²) in [5, 5.41) is 19.7. The fourth-order valence-corrected chi connectivity index (χ4v) is 2.43. The molecule has 5 heteroatoms. The maximum atomic E-state index is 10.9. The van der Waals surface area contributed by atoms with Gasteiger partial charge in [-0.3, -0.25) is 4.99 Å². The fraction of sp³-hybridized carbons (Fsp3) is 0.0556. The van der Waals surface area contributed by atoms with E-state index in [2.05, 4.69) is 4.99 Å². The van der Waals surface area contributed by atoms with E-state index in [1.807, 2.05) is 48.1 Å². The number of aliphatic imine (C=N–C) groups is 1. The molecule has 0 atom stereocenters. The van der Waals surface area contributed by atoms with Crippen LogP contribution >= 0.6 is 0 Å². The van der Waals surface area contributed by atoms with E-state index >= 15 is 0 Å². The van der Waals surface area contributed by atoms with Crippen LogP contribution in [0.1, 0.15) is 15.9 Å². The number of para-hydroxylation sites is 1. The van der Waals surface area contributed by atoms with Gasteiger partial charge in [0.05, 0.1) is 11.1 Å². The molecule has 0 spiro atoms. The third-order valence-corrected chi connectivity index (χ3v) is 3.64. The second kappa shape index (κ2) is 5.88. The van der Waals surface area contributed by atoms with Crippen molar-refractivity contribution in [2.75, 3.05) is 0 Å². The molecule has 2 aromatic carbocycles. The first-order valence-corrected chi connectivity index (χ1v) is 7.04. The minimum Gasteiger partial charge on any atom is -0.507 e. The van der Waals surface area contributed by atoms with Gasteiger partial charge in [0, 0.05) is 30.0 Å². The van der Waals surface area contributed by atoms with Crippen LogP contribution in [0.4, 0.5) is 5.69 Å². The molecule has 0 aliphatic heterocycles. The summed E-state index contributed by atoms with van der Waals surface area (Å²) in [6.07, 6.45) is 3.66. The van der Waals surface area contributed by atoms with Crippen LogP contribution in [0.25, 0.3) is 10.9 Å². The Balaban J connectivity index is 1.99. The van der Waals surface area contributed by atoms with Crippen LogP contribution in [0.3, 0.4) is 0 Å². The number of carboxylic acids is 1. The second-order valence-electron chi connectivity index (χ2n) is 5.16. The number of aromatic carboxylic acids is 1. The smallest absolute Gasteiger partial charge is 0.339 e. The highest BCUT2D eigenvalue weighted by molar-refractivity contribution is 5.98. The molecule has 0 aliphatic rings. The Labute approximate surface area is 132 Å². The average molecular weight is 307 g/mol. The topological polar surface area (TPSA) is 73.8 Å². The molecule has 1 aromatic heterocycles. The number of phenols is 1. The number of rotatable bonds is 3. The van der Waals surface area contributed by atoms with Crippen molar-refractivity contribution in [1.82, 2.24) is 0 Å². The van der Waals surface area contributed by atoms with E-state index in [4.69, 9.17) is 5.11 Å². The Morgan fingerprint density at radius 1 is 1.17 bits per heavy atom. The first kappa shape index (κ1) is 14.7. The monoisotopic (exact) mass is 307 g/mol. The molecule has 0 bridgehead atoms. The second-order valence-corrected chi connectivity index (χ2v) is 5.16. The van der Waals surface area contributed by atoms with Crippen molar-refractivity contribution in [2.45, 2.75) is 0 Å². The number of fused-ring (bicyclic) bond motifs is 1. The molecule has 0 radical (unpaired) electrons. The van der Waals surface area contributed by atoms with Gasteiger partial charge in [-0.25, -0.2) is 9.36 Å². The van der Waals surface area contributed by atoms with Gasteiger partial charge in [0.1, 0.15) is 18.4 Å². The molecule has 2 N–H and O–H groups in total. The summed E-state index contributed by atoms with van der Waals surface area (Å²) >= 11 is 0. The van der Waals surface area contributed by atoms with E-state index < -0.39 is 5.97 Å². The molecule has 1 heterocycles. The van der Waals surface area contributed by atoms with Gasteiger partial charge in [0.15, 0.2) is 6.20 Å². The summed E-state index contributed by atoms with van der Waals surface area (Å²) in [5.41, 5.74) is 2.38. The summed E-state index contributed by atoms with van der Waals surface area (Å²) in [4.78, 5) is 15.2. The molecule has 114 valence electrons. The van der Waals surface area contributed by atoms with Crippen molar-refractivity contribution >= 4 is 28.8 Å². The van der Waals surface area contributed by atoms with Crippen LogP contribution < -0.4 is 4.57 Å². The summed E-state index contributed by atoms with van der Waals surface area (Å²) in [6, 6.07) is 14.2. The fourth-order valence-electron chi connectivity index (χ4n) is 2.43. The lowest BCUT2D eigenvalue weighted by atomic mass is 10.1. The van der Waals surface area contributed by atoms with Crippen molar-refractivity contribution in [1.29, 1.82) is 0 Å². The molecule has 0 amide bonds. The maximum Gasteiger partial charge on any atom is 0.339 e. The van der Waals surface area contributed by atoms with Crippen molar-refractivity contribution < 1.29 is 19.6 Å². The Kier molecular flexibility index (Phi) is 3.76. The van der Waals surface area contributed by atoms with Crippen LogP contribution in [0.15, 0.2) is 59.7 Å². The highest BCUT2D eigenvalue weighted by atomic mass is 16.4. The van der Waals surface area contributed by atoms with Crippen LogP contribution in [0, 0.1) is 0 Å². The summed E-state index contributed by atoms with van der Waals surface area (Å²) < 4.78 is 2.03. The minimum atomic E-state index is -1.17. The predicted molar refractivity (Wildman–Crippen MR) is 87.4 cm³/mol. The highest BCUT2D eigenvalue weighted by Gasteiger charge is 2.10. The van der Waals surface area contributed by atoms with E-state index in [9.17, 15) is 9.90 Å². The third kappa shape index (κ3) is 2.89. The number of hydrogen-bond donors (Lipinski definition) is 2. The molecule has 5 nitrogen and oxygen atoms in total. The molecule has 3 aromatic rings. The van der Waals surface area contributed by atoms with Crippen molar-refractivity contribution in [3.05, 3.63) is 65.9 Å². The Morgan fingerprint density at radius 2 is 1.96 bits per heavy atom. The lowest BCUT2D eigenvalue weighted by molar-refractivity contribution is -0.644. The third-order valence-electron chi connectivity index (χ3n) is 3.64. The van der Waals surface area contributed by atoms with Gasteiger partial charge in [-0.1, -0.05) is 12.1 Å². The molecule has 0 saturated heterocycles. The Bertz CT molecular complexity index is 933. The van der Waals surface area contributed by atoms with E-state index in [1.54, 1.807) is 12.3 Å². The van der Waals surface area contributed by atoms with Crippen molar-refractivity contribution in [2.24, 2.45) is 12.0 Å². The molecule has 23 heavy (non-hydrogen) atoms. The normalized spacial score (nSPS) is 11.2. The lowest BCUT2D eigenvalue weighted by Crippen LogP contribution is -2.28. The number of aromatic nitrogens is 1. The predicted octanol–water partition coefficient (Wildman–Crippen LogP) is 2.82. The Hall–Kier alpha value is -3.21. The number of nitrogens with zero attached hydrogens (tertiary/aromatic N) is 2. The highest BCUT2D eigenvalue weighted by Crippen LogP contribution is 2.24. The Morgan fingerprint density at radius 3 is 2.70 bits per heavy atom. The van der Waals surface area contributed by atoms with Crippen LogP contribution in [-0.4, -0.2) is 22.4 Å². The largest absolute Gasteiger partial charge is 0.507 e. The van der Waals surface area contributed by atoms with E-state index in [1.165, 1.54) is 12.1 Å². The zero-order chi connectivity index (χ0) is 16.4. The number of aromatic hydroxyl groups is 1. The number of carbonyl (C=O) groups is 1. The zero-order valence-electron chi connectivity index (χ0n) is 12.5. The lowest BCUT2D eigenvalue weighted by Gasteiger charge is -2.02. The number of benzene rings is 2. The minimum absolute atomic E-state index is 0.138. The van der Waals surface area contributed by atoms with E-state index in [0.29, 0.717) is 5.69 Å². The van der Waals surface area contributed by atoms with Crippen LogP contribution in [0.2, 0.25) is 0 Å². The number of hydrogen-bond acceptors (Lipinski definition) is 3. The first-order valence-electron chi connectivity index (χ1n) is 7.04. The first-order chi connectivity index (χ1) is 11.1. The van der Waals surface area contributed by atoms with Gasteiger partial charge in [0.2, 0.25) is 5.52 Å². The SMILES string of the molecule is C[n+]1ccc(C=Nc2ccc(C(=O)O)c(O)c2)c2ccccc21. The van der Waals surface area contributed by atoms with Crippen molar-refractivity contribution in [3.8, 4) is 5.75 Å². The van der Waals surface area contributed by atoms with E-state index in [-0.39, 0.29) is 11.3 Å². The van der Waals surface area contributed by atoms with Gasteiger partial charge in [-0.05, 0) is 18.2 Å². The summed E-state index contributed by atoms with van der Waals surface area (Å²) in [7, 11) is 1.98. The van der Waals surface area contributed by atoms with Crippen LogP contribution in [-0.2, 0) is 7.05 Å². The molecule has 0 fully saturated rings.